The van der Waals surface area contributed by atoms with Crippen LogP contribution in [0.15, 0.2) is 42.5 Å². The van der Waals surface area contributed by atoms with E-state index in [0.717, 1.165) is 29.8 Å². The summed E-state index contributed by atoms with van der Waals surface area (Å²) in [6, 6.07) is 13.5. The van der Waals surface area contributed by atoms with Crippen molar-refractivity contribution in [3.8, 4) is 5.75 Å². The zero-order chi connectivity index (χ0) is 16.7. The normalized spacial score (nSPS) is 10.3. The van der Waals surface area contributed by atoms with Crippen LogP contribution in [-0.2, 0) is 4.79 Å². The largest absolute Gasteiger partial charge is 0.494 e. The summed E-state index contributed by atoms with van der Waals surface area (Å²) in [4.78, 5) is 12.0. The lowest BCUT2D eigenvalue weighted by atomic mass is 10.1. The van der Waals surface area contributed by atoms with E-state index < -0.39 is 0 Å². The second-order valence-corrected chi connectivity index (χ2v) is 5.74. The summed E-state index contributed by atoms with van der Waals surface area (Å²) in [5, 5.41) is 2.91. The van der Waals surface area contributed by atoms with Crippen molar-refractivity contribution in [3.05, 3.63) is 53.6 Å². The van der Waals surface area contributed by atoms with Crippen LogP contribution in [0, 0.1) is 13.8 Å². The SMILES string of the molecule is Cc1cccc(OCCCCC(=O)Nc2cc(N)ccc2C)c1. The number of nitrogen functional groups attached to an aromatic ring is 1. The van der Waals surface area contributed by atoms with Gasteiger partial charge in [0.15, 0.2) is 0 Å². The summed E-state index contributed by atoms with van der Waals surface area (Å²) >= 11 is 0. The van der Waals surface area contributed by atoms with Crippen LogP contribution in [-0.4, -0.2) is 12.5 Å². The third kappa shape index (κ3) is 5.66. The van der Waals surface area contributed by atoms with Gasteiger partial charge in [0.05, 0.1) is 6.61 Å². The van der Waals surface area contributed by atoms with E-state index >= 15 is 0 Å². The molecule has 3 N–H and O–H groups in total. The predicted molar refractivity (Wildman–Crippen MR) is 94.7 cm³/mol. The molecule has 0 saturated carbocycles. The van der Waals surface area contributed by atoms with Crippen molar-refractivity contribution < 1.29 is 9.53 Å². The van der Waals surface area contributed by atoms with Gasteiger partial charge in [0.1, 0.15) is 5.75 Å². The minimum atomic E-state index is 0.00857. The molecular formula is C19H24N2O2. The second kappa shape index (κ2) is 8.22. The number of carbonyl (C=O) groups excluding carboxylic acids is 1. The molecule has 0 aliphatic heterocycles. The Balaban J connectivity index is 1.68. The molecular weight excluding hydrogens is 288 g/mol. The van der Waals surface area contributed by atoms with Gasteiger partial charge in [0, 0.05) is 17.8 Å². The number of unbranched alkanes of at least 4 members (excludes halogenated alkanes) is 1. The van der Waals surface area contributed by atoms with Crippen molar-refractivity contribution in [1.29, 1.82) is 0 Å². The van der Waals surface area contributed by atoms with Crippen LogP contribution in [0.4, 0.5) is 11.4 Å². The van der Waals surface area contributed by atoms with E-state index in [9.17, 15) is 4.79 Å². The molecule has 0 fully saturated rings. The number of rotatable bonds is 7. The van der Waals surface area contributed by atoms with Gasteiger partial charge in [-0.2, -0.15) is 0 Å². The number of hydrogen-bond acceptors (Lipinski definition) is 3. The molecule has 0 aliphatic carbocycles. The lowest BCUT2D eigenvalue weighted by Gasteiger charge is -2.09. The molecule has 0 aliphatic rings. The lowest BCUT2D eigenvalue weighted by molar-refractivity contribution is -0.116. The lowest BCUT2D eigenvalue weighted by Crippen LogP contribution is -2.12. The van der Waals surface area contributed by atoms with Crippen molar-refractivity contribution >= 4 is 17.3 Å². The molecule has 2 rings (SSSR count). The first-order valence-corrected chi connectivity index (χ1v) is 7.90. The molecule has 0 atom stereocenters. The van der Waals surface area contributed by atoms with Crippen LogP contribution in [0.2, 0.25) is 0 Å². The molecule has 0 spiro atoms. The number of nitrogens with two attached hydrogens (primary N) is 1. The van der Waals surface area contributed by atoms with E-state index in [1.165, 1.54) is 5.56 Å². The van der Waals surface area contributed by atoms with E-state index in [4.69, 9.17) is 10.5 Å². The van der Waals surface area contributed by atoms with Gasteiger partial charge in [-0.05, 0) is 62.1 Å². The third-order valence-electron chi connectivity index (χ3n) is 3.59. The van der Waals surface area contributed by atoms with Crippen molar-refractivity contribution in [2.24, 2.45) is 0 Å². The van der Waals surface area contributed by atoms with Crippen LogP contribution < -0.4 is 15.8 Å². The van der Waals surface area contributed by atoms with Crippen molar-refractivity contribution in [2.45, 2.75) is 33.1 Å². The Hall–Kier alpha value is -2.49. The summed E-state index contributed by atoms with van der Waals surface area (Å²) in [6.07, 6.45) is 2.11. The van der Waals surface area contributed by atoms with Gasteiger partial charge in [-0.15, -0.1) is 0 Å². The minimum absolute atomic E-state index is 0.00857. The Morgan fingerprint density at radius 3 is 2.74 bits per heavy atom. The van der Waals surface area contributed by atoms with Gasteiger partial charge >= 0.3 is 0 Å². The quantitative estimate of drug-likeness (QED) is 0.598. The zero-order valence-corrected chi connectivity index (χ0v) is 13.8. The fourth-order valence-electron chi connectivity index (χ4n) is 2.27. The molecule has 0 bridgehead atoms. The summed E-state index contributed by atoms with van der Waals surface area (Å²) in [7, 11) is 0. The number of nitrogens with one attached hydrogen (secondary N) is 1. The van der Waals surface area contributed by atoms with Gasteiger partial charge in [-0.1, -0.05) is 18.2 Å². The van der Waals surface area contributed by atoms with Crippen molar-refractivity contribution in [2.75, 3.05) is 17.7 Å². The highest BCUT2D eigenvalue weighted by Gasteiger charge is 2.05. The monoisotopic (exact) mass is 312 g/mol. The zero-order valence-electron chi connectivity index (χ0n) is 13.8. The van der Waals surface area contributed by atoms with Crippen molar-refractivity contribution in [1.82, 2.24) is 0 Å². The van der Waals surface area contributed by atoms with Gasteiger partial charge in [-0.25, -0.2) is 0 Å². The summed E-state index contributed by atoms with van der Waals surface area (Å²) in [6.45, 7) is 4.61. The van der Waals surface area contributed by atoms with Crippen LogP contribution in [0.5, 0.6) is 5.75 Å². The molecule has 4 heteroatoms. The molecule has 1 amide bonds. The summed E-state index contributed by atoms with van der Waals surface area (Å²) < 4.78 is 5.67. The maximum absolute atomic E-state index is 12.0. The Morgan fingerprint density at radius 1 is 1.13 bits per heavy atom. The summed E-state index contributed by atoms with van der Waals surface area (Å²) in [5.74, 6) is 0.888. The van der Waals surface area contributed by atoms with Crippen LogP contribution >= 0.6 is 0 Å². The molecule has 4 nitrogen and oxygen atoms in total. The Morgan fingerprint density at radius 2 is 1.96 bits per heavy atom. The fourth-order valence-corrected chi connectivity index (χ4v) is 2.27. The molecule has 23 heavy (non-hydrogen) atoms. The maximum Gasteiger partial charge on any atom is 0.224 e. The molecule has 0 heterocycles. The van der Waals surface area contributed by atoms with Crippen molar-refractivity contribution in [3.63, 3.8) is 0 Å². The second-order valence-electron chi connectivity index (χ2n) is 5.74. The Bertz CT molecular complexity index is 668. The van der Waals surface area contributed by atoms with E-state index in [-0.39, 0.29) is 5.91 Å². The molecule has 122 valence electrons. The third-order valence-corrected chi connectivity index (χ3v) is 3.59. The van der Waals surface area contributed by atoms with Crippen LogP contribution in [0.3, 0.4) is 0 Å². The Kier molecular flexibility index (Phi) is 6.03. The summed E-state index contributed by atoms with van der Waals surface area (Å²) in [5.41, 5.74) is 9.36. The average Bonchev–Trinajstić information content (AvgIpc) is 2.51. The molecule has 2 aromatic carbocycles. The molecule has 0 unspecified atom stereocenters. The number of anilines is 2. The number of aryl methyl sites for hydroxylation is 2. The topological polar surface area (TPSA) is 64.3 Å². The smallest absolute Gasteiger partial charge is 0.224 e. The molecule has 0 saturated heterocycles. The molecule has 0 aromatic heterocycles. The van der Waals surface area contributed by atoms with Crippen LogP contribution in [0.1, 0.15) is 30.4 Å². The molecule has 0 radical (unpaired) electrons. The predicted octanol–water partition coefficient (Wildman–Crippen LogP) is 4.07. The van der Waals surface area contributed by atoms with Gasteiger partial charge in [-0.3, -0.25) is 4.79 Å². The fraction of sp³-hybridized carbons (Fsp3) is 0.316. The highest BCUT2D eigenvalue weighted by atomic mass is 16.5. The highest BCUT2D eigenvalue weighted by Crippen LogP contribution is 2.18. The number of benzene rings is 2. The number of hydrogen-bond donors (Lipinski definition) is 2. The first kappa shape index (κ1) is 16.9. The number of ether oxygens (including phenoxy) is 1. The van der Waals surface area contributed by atoms with E-state index in [0.29, 0.717) is 18.7 Å². The van der Waals surface area contributed by atoms with Gasteiger partial charge in [0.2, 0.25) is 5.91 Å². The first-order chi connectivity index (χ1) is 11.0. The standard InChI is InChI=1S/C19H24N2O2/c1-14-6-5-7-17(12-14)23-11-4-3-8-19(22)21-18-13-16(20)10-9-15(18)2/h5-7,9-10,12-13H,3-4,8,11,20H2,1-2H3,(H,21,22). The first-order valence-electron chi connectivity index (χ1n) is 7.90. The average molecular weight is 312 g/mol. The maximum atomic E-state index is 12.0. The number of amides is 1. The van der Waals surface area contributed by atoms with E-state index in [1.54, 1.807) is 6.07 Å². The Labute approximate surface area is 137 Å². The minimum Gasteiger partial charge on any atom is -0.494 e. The highest BCUT2D eigenvalue weighted by molar-refractivity contribution is 5.91. The van der Waals surface area contributed by atoms with E-state index in [1.807, 2.05) is 50.2 Å². The van der Waals surface area contributed by atoms with Crippen LogP contribution in [0.25, 0.3) is 0 Å². The van der Waals surface area contributed by atoms with Gasteiger partial charge < -0.3 is 15.8 Å². The van der Waals surface area contributed by atoms with Gasteiger partial charge in [0.25, 0.3) is 0 Å². The number of carbonyl (C=O) groups is 1. The van der Waals surface area contributed by atoms with E-state index in [2.05, 4.69) is 5.32 Å². The molecule has 2 aromatic rings.